The first-order valence-electron chi connectivity index (χ1n) is 8.27. The van der Waals surface area contributed by atoms with E-state index < -0.39 is 0 Å². The van der Waals surface area contributed by atoms with Gasteiger partial charge in [-0.15, -0.1) is 0 Å². The summed E-state index contributed by atoms with van der Waals surface area (Å²) in [4.78, 5) is 16.9. The molecular weight excluding hydrogens is 266 g/mol. The molecule has 1 aliphatic heterocycles. The van der Waals surface area contributed by atoms with Gasteiger partial charge in [-0.1, -0.05) is 26.7 Å². The monoisotopic (exact) mass is 297 g/mol. The van der Waals surface area contributed by atoms with E-state index in [9.17, 15) is 4.79 Å². The summed E-state index contributed by atoms with van der Waals surface area (Å²) in [7, 11) is 4.08. The van der Waals surface area contributed by atoms with E-state index in [2.05, 4.69) is 24.1 Å². The molecule has 1 saturated heterocycles. The van der Waals surface area contributed by atoms with Crippen molar-refractivity contribution in [1.29, 1.82) is 0 Å². The number of nitrogens with zero attached hydrogens (tertiary/aromatic N) is 2. The largest absolute Gasteiger partial charge is 0.378 e. The van der Waals surface area contributed by atoms with Gasteiger partial charge in [0.2, 0.25) is 5.91 Å². The van der Waals surface area contributed by atoms with E-state index in [-0.39, 0.29) is 11.7 Å². The lowest BCUT2D eigenvalue weighted by molar-refractivity contribution is -0.134. The highest BCUT2D eigenvalue weighted by molar-refractivity contribution is 5.89. The number of nitrogens with one attached hydrogen (secondary N) is 1. The normalized spacial score (nSPS) is 25.0. The molecule has 1 saturated carbocycles. The van der Waals surface area contributed by atoms with Crippen molar-refractivity contribution in [1.82, 2.24) is 15.1 Å². The van der Waals surface area contributed by atoms with Crippen LogP contribution in [0.4, 0.5) is 0 Å². The van der Waals surface area contributed by atoms with E-state index in [1.807, 2.05) is 19.0 Å². The van der Waals surface area contributed by atoms with Gasteiger partial charge in [-0.3, -0.25) is 10.1 Å². The van der Waals surface area contributed by atoms with E-state index in [1.165, 1.54) is 0 Å². The Morgan fingerprint density at radius 2 is 2.00 bits per heavy atom. The third kappa shape index (κ3) is 3.76. The van der Waals surface area contributed by atoms with E-state index in [4.69, 9.17) is 4.74 Å². The highest BCUT2D eigenvalue weighted by atomic mass is 16.5. The summed E-state index contributed by atoms with van der Waals surface area (Å²) in [5.74, 6) is 0.727. The maximum atomic E-state index is 12.8. The molecule has 1 atom stereocenters. The van der Waals surface area contributed by atoms with E-state index >= 15 is 0 Å². The lowest BCUT2D eigenvalue weighted by Gasteiger charge is -2.27. The van der Waals surface area contributed by atoms with Gasteiger partial charge < -0.3 is 14.5 Å². The standard InChI is InChI=1S/C16H31N3O2/c1-13(2)14-17-16(7-5-6-8-16)15(20)19(14)10-12-21-11-9-18(3)4/h13-14,17H,5-12H2,1-4H3. The Morgan fingerprint density at radius 1 is 1.33 bits per heavy atom. The molecule has 0 aromatic heterocycles. The first kappa shape index (κ1) is 16.7. The van der Waals surface area contributed by atoms with E-state index in [0.717, 1.165) is 38.8 Å². The number of carbonyl (C=O) groups excluding carboxylic acids is 1. The Bertz CT molecular complexity index is 351. The van der Waals surface area contributed by atoms with Gasteiger partial charge in [-0.25, -0.2) is 0 Å². The van der Waals surface area contributed by atoms with Gasteiger partial charge in [0.25, 0.3) is 0 Å². The second-order valence-electron chi connectivity index (χ2n) is 7.04. The van der Waals surface area contributed by atoms with Crippen molar-refractivity contribution in [3.63, 3.8) is 0 Å². The minimum Gasteiger partial charge on any atom is -0.378 e. The second-order valence-corrected chi connectivity index (χ2v) is 7.04. The molecule has 0 aromatic carbocycles. The van der Waals surface area contributed by atoms with E-state index in [1.54, 1.807) is 0 Å². The molecule has 1 spiro atoms. The van der Waals surface area contributed by atoms with Crippen molar-refractivity contribution in [3.8, 4) is 0 Å². The van der Waals surface area contributed by atoms with Gasteiger partial charge in [-0.2, -0.15) is 0 Å². The smallest absolute Gasteiger partial charge is 0.244 e. The molecule has 122 valence electrons. The predicted molar refractivity (Wildman–Crippen MR) is 84.0 cm³/mol. The molecule has 2 fully saturated rings. The predicted octanol–water partition coefficient (Wildman–Crippen LogP) is 1.29. The highest BCUT2D eigenvalue weighted by Gasteiger charge is 2.52. The van der Waals surface area contributed by atoms with Crippen LogP contribution in [0.1, 0.15) is 39.5 Å². The molecule has 2 rings (SSSR count). The maximum absolute atomic E-state index is 12.8. The zero-order chi connectivity index (χ0) is 15.5. The quantitative estimate of drug-likeness (QED) is 0.719. The van der Waals surface area contributed by atoms with Crippen molar-refractivity contribution >= 4 is 5.91 Å². The van der Waals surface area contributed by atoms with E-state index in [0.29, 0.717) is 25.0 Å². The molecule has 0 radical (unpaired) electrons. The number of rotatable bonds is 7. The fraction of sp³-hybridized carbons (Fsp3) is 0.938. The first-order valence-corrected chi connectivity index (χ1v) is 8.27. The van der Waals surface area contributed by atoms with Crippen LogP contribution in [0.5, 0.6) is 0 Å². The average Bonchev–Trinajstić information content (AvgIpc) is 2.99. The molecule has 21 heavy (non-hydrogen) atoms. The van der Waals surface area contributed by atoms with Crippen LogP contribution in [-0.2, 0) is 9.53 Å². The molecule has 1 amide bonds. The molecule has 1 unspecified atom stereocenters. The molecule has 5 nitrogen and oxygen atoms in total. The van der Waals surface area contributed by atoms with Crippen molar-refractivity contribution in [3.05, 3.63) is 0 Å². The minimum absolute atomic E-state index is 0.160. The summed E-state index contributed by atoms with van der Waals surface area (Å²) in [6, 6.07) is 0. The Labute approximate surface area is 129 Å². The lowest BCUT2D eigenvalue weighted by atomic mass is 9.98. The lowest BCUT2D eigenvalue weighted by Crippen LogP contribution is -2.45. The fourth-order valence-electron chi connectivity index (χ4n) is 3.44. The topological polar surface area (TPSA) is 44.8 Å². The second kappa shape index (κ2) is 7.07. The van der Waals surface area contributed by atoms with Crippen molar-refractivity contribution < 1.29 is 9.53 Å². The number of ether oxygens (including phenoxy) is 1. The van der Waals surface area contributed by atoms with Gasteiger partial charge in [0, 0.05) is 13.1 Å². The fourth-order valence-corrected chi connectivity index (χ4v) is 3.44. The number of hydrogen-bond donors (Lipinski definition) is 1. The van der Waals surface area contributed by atoms with Gasteiger partial charge in [-0.05, 0) is 32.9 Å². The molecule has 5 heteroatoms. The third-order valence-corrected chi connectivity index (χ3v) is 4.68. The van der Waals surface area contributed by atoms with Crippen molar-refractivity contribution in [2.75, 3.05) is 40.4 Å². The highest BCUT2D eigenvalue weighted by Crippen LogP contribution is 2.37. The summed E-state index contributed by atoms with van der Waals surface area (Å²) < 4.78 is 5.67. The molecule has 2 aliphatic rings. The van der Waals surface area contributed by atoms with Crippen LogP contribution in [-0.4, -0.2) is 67.8 Å². The van der Waals surface area contributed by atoms with Crippen LogP contribution < -0.4 is 5.32 Å². The Kier molecular flexibility index (Phi) is 5.63. The summed E-state index contributed by atoms with van der Waals surface area (Å²) in [5.41, 5.74) is -0.265. The zero-order valence-corrected chi connectivity index (χ0v) is 14.0. The number of carbonyl (C=O) groups is 1. The van der Waals surface area contributed by atoms with Crippen LogP contribution >= 0.6 is 0 Å². The third-order valence-electron chi connectivity index (χ3n) is 4.68. The Hall–Kier alpha value is -0.650. The summed E-state index contributed by atoms with van der Waals surface area (Å²) in [6.45, 7) is 7.33. The molecule has 1 heterocycles. The SMILES string of the molecule is CC(C)C1NC2(CCCC2)C(=O)N1CCOCCN(C)C. The van der Waals surface area contributed by atoms with Gasteiger partial charge in [0.05, 0.1) is 24.9 Å². The molecule has 0 bridgehead atoms. The summed E-state index contributed by atoms with van der Waals surface area (Å²) in [5, 5.41) is 3.64. The number of hydrogen-bond acceptors (Lipinski definition) is 4. The first-order chi connectivity index (χ1) is 9.96. The number of amides is 1. The van der Waals surface area contributed by atoms with Crippen LogP contribution in [0.3, 0.4) is 0 Å². The molecule has 1 N–H and O–H groups in total. The van der Waals surface area contributed by atoms with Gasteiger partial charge >= 0.3 is 0 Å². The number of likely N-dealkylation sites (N-methyl/N-ethyl adjacent to an activating group) is 1. The summed E-state index contributed by atoms with van der Waals surface area (Å²) in [6.07, 6.45) is 4.47. The maximum Gasteiger partial charge on any atom is 0.244 e. The van der Waals surface area contributed by atoms with Gasteiger partial charge in [0.15, 0.2) is 0 Å². The molecule has 1 aliphatic carbocycles. The minimum atomic E-state index is -0.265. The average molecular weight is 297 g/mol. The van der Waals surface area contributed by atoms with Crippen LogP contribution in [0.15, 0.2) is 0 Å². The summed E-state index contributed by atoms with van der Waals surface area (Å²) >= 11 is 0. The van der Waals surface area contributed by atoms with Crippen molar-refractivity contribution in [2.45, 2.75) is 51.2 Å². The van der Waals surface area contributed by atoms with Crippen LogP contribution in [0.2, 0.25) is 0 Å². The zero-order valence-electron chi connectivity index (χ0n) is 14.0. The van der Waals surface area contributed by atoms with Crippen LogP contribution in [0.25, 0.3) is 0 Å². The molecular formula is C16H31N3O2. The van der Waals surface area contributed by atoms with Crippen LogP contribution in [0, 0.1) is 5.92 Å². The Balaban J connectivity index is 1.88. The van der Waals surface area contributed by atoms with Crippen molar-refractivity contribution in [2.24, 2.45) is 5.92 Å². The molecule has 0 aromatic rings. The Morgan fingerprint density at radius 3 is 2.57 bits per heavy atom. The van der Waals surface area contributed by atoms with Gasteiger partial charge in [0.1, 0.15) is 0 Å².